The molecule has 0 aliphatic carbocycles. The van der Waals surface area contributed by atoms with Gasteiger partial charge in [-0.3, -0.25) is 4.79 Å². The molecule has 1 aromatic carbocycles. The van der Waals surface area contributed by atoms with Crippen molar-refractivity contribution in [2.24, 2.45) is 0 Å². The summed E-state index contributed by atoms with van der Waals surface area (Å²) in [5.41, 5.74) is 3.50. The van der Waals surface area contributed by atoms with E-state index in [0.29, 0.717) is 28.1 Å². The van der Waals surface area contributed by atoms with Crippen LogP contribution >= 0.6 is 23.1 Å². The van der Waals surface area contributed by atoms with E-state index < -0.39 is 5.97 Å². The molecular weight excluding hydrogens is 484 g/mol. The van der Waals surface area contributed by atoms with Gasteiger partial charge in [0.15, 0.2) is 17.1 Å². The van der Waals surface area contributed by atoms with E-state index in [-0.39, 0.29) is 24.4 Å². The van der Waals surface area contributed by atoms with Crippen LogP contribution in [0.5, 0.6) is 5.75 Å². The number of nitrogens with one attached hydrogen (secondary N) is 1. The summed E-state index contributed by atoms with van der Waals surface area (Å²) >= 11 is 2.67. The Hall–Kier alpha value is -2.85. The van der Waals surface area contributed by atoms with Crippen LogP contribution in [0.25, 0.3) is 0 Å². The highest BCUT2D eigenvalue weighted by Crippen LogP contribution is 2.33. The van der Waals surface area contributed by atoms with Crippen molar-refractivity contribution >= 4 is 40.0 Å². The lowest BCUT2D eigenvalue weighted by molar-refractivity contribution is -0.113. The van der Waals surface area contributed by atoms with Crippen LogP contribution in [-0.2, 0) is 16.1 Å². The summed E-state index contributed by atoms with van der Waals surface area (Å²) in [6, 6.07) is 5.97. The second-order valence-electron chi connectivity index (χ2n) is 8.09. The minimum atomic E-state index is -0.425. The Morgan fingerprint density at radius 1 is 1.14 bits per heavy atom. The smallest absolute Gasteiger partial charge is 0.341 e. The zero-order valence-electron chi connectivity index (χ0n) is 21.2. The summed E-state index contributed by atoms with van der Waals surface area (Å²) in [5.74, 6) is 0.989. The lowest BCUT2D eigenvalue weighted by atomic mass is 10.1. The second-order valence-corrected chi connectivity index (χ2v) is 10.3. The number of benzene rings is 1. The van der Waals surface area contributed by atoms with Gasteiger partial charge in [0.1, 0.15) is 10.8 Å². The molecule has 0 aliphatic rings. The van der Waals surface area contributed by atoms with Crippen molar-refractivity contribution in [2.75, 3.05) is 17.7 Å². The molecule has 2 heterocycles. The molecule has 1 N–H and O–H groups in total. The number of esters is 1. The fourth-order valence-electron chi connectivity index (χ4n) is 3.56. The Kier molecular flexibility index (Phi) is 8.96. The molecule has 0 bridgehead atoms. The van der Waals surface area contributed by atoms with Gasteiger partial charge in [-0.25, -0.2) is 4.79 Å². The van der Waals surface area contributed by atoms with E-state index >= 15 is 0 Å². The number of thioether (sulfide) groups is 1. The molecule has 0 spiro atoms. The maximum Gasteiger partial charge on any atom is 0.341 e. The topological polar surface area (TPSA) is 95.3 Å². The summed E-state index contributed by atoms with van der Waals surface area (Å²) < 4.78 is 13.3. The number of carbonyl (C=O) groups excluding carboxylic acids is 2. The monoisotopic (exact) mass is 516 g/mol. The minimum Gasteiger partial charge on any atom is -0.482 e. The minimum absolute atomic E-state index is 0.128. The number of aromatic nitrogens is 3. The Morgan fingerprint density at radius 2 is 1.89 bits per heavy atom. The second kappa shape index (κ2) is 11.7. The van der Waals surface area contributed by atoms with Gasteiger partial charge in [-0.05, 0) is 71.2 Å². The van der Waals surface area contributed by atoms with Gasteiger partial charge in [0.25, 0.3) is 0 Å². The van der Waals surface area contributed by atoms with Gasteiger partial charge in [-0.15, -0.1) is 21.5 Å². The number of hydrogen-bond acceptors (Lipinski definition) is 8. The molecule has 35 heavy (non-hydrogen) atoms. The molecule has 0 saturated heterocycles. The van der Waals surface area contributed by atoms with Crippen molar-refractivity contribution in [1.82, 2.24) is 14.8 Å². The first-order valence-electron chi connectivity index (χ1n) is 11.5. The first-order chi connectivity index (χ1) is 16.7. The molecule has 0 radical (unpaired) electrons. The molecule has 10 heteroatoms. The Balaban J connectivity index is 1.69. The maximum absolute atomic E-state index is 12.7. The SMILES string of the molecule is CCOC(=O)c1c(NC(=O)CSc2nnc(C(C)Oc3cccc(C)c3C)n2CC)sc(C)c1C. The summed E-state index contributed by atoms with van der Waals surface area (Å²) in [5, 5.41) is 12.7. The number of ether oxygens (including phenoxy) is 2. The molecule has 8 nitrogen and oxygen atoms in total. The standard InChI is InChI=1S/C25H32N4O4S2/c1-8-29-22(17(6)33-19-12-10-11-14(3)15(19)4)27-28-25(29)34-13-20(30)26-23-21(24(31)32-9-2)16(5)18(7)35-23/h10-12,17H,8-9,13H2,1-7H3,(H,26,30). The van der Waals surface area contributed by atoms with E-state index in [1.54, 1.807) is 6.92 Å². The van der Waals surface area contributed by atoms with Gasteiger partial charge in [0.05, 0.1) is 17.9 Å². The summed E-state index contributed by atoms with van der Waals surface area (Å²) in [6.45, 7) is 14.5. The van der Waals surface area contributed by atoms with Crippen LogP contribution in [0, 0.1) is 27.7 Å². The fraction of sp³-hybridized carbons (Fsp3) is 0.440. The van der Waals surface area contributed by atoms with E-state index in [1.165, 1.54) is 23.1 Å². The molecule has 0 fully saturated rings. The van der Waals surface area contributed by atoms with Crippen LogP contribution in [0.3, 0.4) is 0 Å². The highest BCUT2D eigenvalue weighted by atomic mass is 32.2. The van der Waals surface area contributed by atoms with Crippen molar-refractivity contribution in [3.8, 4) is 5.75 Å². The highest BCUT2D eigenvalue weighted by Gasteiger charge is 2.23. The lowest BCUT2D eigenvalue weighted by Gasteiger charge is -2.17. The quantitative estimate of drug-likeness (QED) is 0.275. The lowest BCUT2D eigenvalue weighted by Crippen LogP contribution is -2.17. The molecule has 0 aliphatic heterocycles. The van der Waals surface area contributed by atoms with Gasteiger partial charge < -0.3 is 19.4 Å². The fourth-order valence-corrected chi connectivity index (χ4v) is 5.43. The van der Waals surface area contributed by atoms with Crippen LogP contribution < -0.4 is 10.1 Å². The van der Waals surface area contributed by atoms with Crippen LogP contribution in [0.1, 0.15) is 64.6 Å². The molecule has 1 amide bonds. The van der Waals surface area contributed by atoms with Crippen molar-refractivity contribution in [3.05, 3.63) is 51.2 Å². The van der Waals surface area contributed by atoms with E-state index in [9.17, 15) is 9.59 Å². The third-order valence-corrected chi connectivity index (χ3v) is 7.82. The molecule has 0 saturated carbocycles. The van der Waals surface area contributed by atoms with E-state index in [0.717, 1.165) is 27.3 Å². The number of amides is 1. The molecule has 1 unspecified atom stereocenters. The van der Waals surface area contributed by atoms with Gasteiger partial charge in [0, 0.05) is 11.4 Å². The molecule has 3 aromatic rings. The van der Waals surface area contributed by atoms with Crippen LogP contribution in [0.2, 0.25) is 0 Å². The first kappa shape index (κ1) is 26.7. The number of nitrogens with zero attached hydrogens (tertiary/aromatic N) is 3. The van der Waals surface area contributed by atoms with Gasteiger partial charge >= 0.3 is 5.97 Å². The number of hydrogen-bond donors (Lipinski definition) is 1. The van der Waals surface area contributed by atoms with Crippen molar-refractivity contribution < 1.29 is 19.1 Å². The maximum atomic E-state index is 12.7. The number of aryl methyl sites for hydroxylation is 2. The van der Waals surface area contributed by atoms with Gasteiger partial charge in [0.2, 0.25) is 5.91 Å². The number of carbonyl (C=O) groups is 2. The van der Waals surface area contributed by atoms with E-state index in [1.807, 2.05) is 51.3 Å². The normalized spacial score (nSPS) is 11.9. The summed E-state index contributed by atoms with van der Waals surface area (Å²) in [4.78, 5) is 26.1. The summed E-state index contributed by atoms with van der Waals surface area (Å²) in [6.07, 6.45) is -0.310. The predicted molar refractivity (Wildman–Crippen MR) is 140 cm³/mol. The molecule has 1 atom stereocenters. The average molecular weight is 517 g/mol. The number of thiophene rings is 1. The third kappa shape index (κ3) is 6.05. The zero-order chi connectivity index (χ0) is 25.7. The van der Waals surface area contributed by atoms with Crippen LogP contribution in [0.4, 0.5) is 5.00 Å². The van der Waals surface area contributed by atoms with Crippen LogP contribution in [0.15, 0.2) is 23.4 Å². The van der Waals surface area contributed by atoms with Crippen LogP contribution in [-0.4, -0.2) is 39.0 Å². The molecule has 2 aromatic heterocycles. The van der Waals surface area contributed by atoms with Crippen molar-refractivity contribution in [2.45, 2.75) is 66.3 Å². The van der Waals surface area contributed by atoms with Gasteiger partial charge in [-0.2, -0.15) is 0 Å². The zero-order valence-corrected chi connectivity index (χ0v) is 22.9. The Morgan fingerprint density at radius 3 is 2.57 bits per heavy atom. The Bertz CT molecular complexity index is 1220. The molecule has 3 rings (SSSR count). The van der Waals surface area contributed by atoms with Gasteiger partial charge in [-0.1, -0.05) is 23.9 Å². The number of rotatable bonds is 10. The highest BCUT2D eigenvalue weighted by molar-refractivity contribution is 7.99. The molecule has 188 valence electrons. The van der Waals surface area contributed by atoms with Crippen molar-refractivity contribution in [3.63, 3.8) is 0 Å². The third-order valence-electron chi connectivity index (χ3n) is 5.73. The van der Waals surface area contributed by atoms with E-state index in [4.69, 9.17) is 9.47 Å². The largest absolute Gasteiger partial charge is 0.482 e. The van der Waals surface area contributed by atoms with E-state index in [2.05, 4.69) is 28.5 Å². The summed E-state index contributed by atoms with van der Waals surface area (Å²) in [7, 11) is 0. The number of anilines is 1. The molecular formula is C25H32N4O4S2. The predicted octanol–water partition coefficient (Wildman–Crippen LogP) is 5.64. The Labute approximate surface area is 214 Å². The average Bonchev–Trinajstić information content (AvgIpc) is 3.35. The first-order valence-corrected chi connectivity index (χ1v) is 13.3. The van der Waals surface area contributed by atoms with Crippen molar-refractivity contribution in [1.29, 1.82) is 0 Å².